The van der Waals surface area contributed by atoms with Gasteiger partial charge in [-0.1, -0.05) is 35.6 Å². The summed E-state index contributed by atoms with van der Waals surface area (Å²) in [7, 11) is 0. The van der Waals surface area contributed by atoms with Crippen molar-refractivity contribution >= 4 is 17.3 Å². The van der Waals surface area contributed by atoms with Gasteiger partial charge in [0.2, 0.25) is 5.13 Å². The summed E-state index contributed by atoms with van der Waals surface area (Å²) in [5.74, 6) is -1.87. The first-order chi connectivity index (χ1) is 16.0. The maximum Gasteiger partial charge on any atom is 0.416 e. The van der Waals surface area contributed by atoms with Gasteiger partial charge < -0.3 is 10.2 Å². The molecule has 11 heteroatoms. The summed E-state index contributed by atoms with van der Waals surface area (Å²) in [6, 6.07) is 9.71. The van der Waals surface area contributed by atoms with Crippen LogP contribution in [0.2, 0.25) is 0 Å². The van der Waals surface area contributed by atoms with Gasteiger partial charge in [0.15, 0.2) is 5.69 Å². The topological polar surface area (TPSA) is 88.2 Å². The van der Waals surface area contributed by atoms with Crippen molar-refractivity contribution in [1.82, 2.24) is 14.8 Å². The number of aliphatic hydroxyl groups excluding tert-OH is 1. The van der Waals surface area contributed by atoms with E-state index in [2.05, 4.69) is 10.1 Å². The van der Waals surface area contributed by atoms with Crippen molar-refractivity contribution in [3.8, 4) is 27.5 Å². The highest BCUT2D eigenvalue weighted by Crippen LogP contribution is 2.38. The van der Waals surface area contributed by atoms with Crippen molar-refractivity contribution in [3.63, 3.8) is 0 Å². The van der Waals surface area contributed by atoms with Crippen molar-refractivity contribution in [2.24, 2.45) is 0 Å². The lowest BCUT2D eigenvalue weighted by Gasteiger charge is -2.08. The van der Waals surface area contributed by atoms with Crippen molar-refractivity contribution in [2.45, 2.75) is 26.1 Å². The molecule has 2 aromatic carbocycles. The molecule has 0 spiro atoms. The van der Waals surface area contributed by atoms with E-state index < -0.39 is 29.6 Å². The minimum absolute atomic E-state index is 0.0916. The second-order valence-corrected chi connectivity index (χ2v) is 8.51. The molecule has 2 aromatic heterocycles. The predicted molar refractivity (Wildman–Crippen MR) is 117 cm³/mol. The maximum absolute atomic E-state index is 13.8. The molecule has 176 valence electrons. The number of benzene rings is 2. The minimum atomic E-state index is -4.50. The smallest absolute Gasteiger partial charge is 0.416 e. The number of aromatic nitrogens is 3. The van der Waals surface area contributed by atoms with Gasteiger partial charge >= 0.3 is 12.1 Å². The van der Waals surface area contributed by atoms with Crippen LogP contribution in [0.1, 0.15) is 39.7 Å². The summed E-state index contributed by atoms with van der Waals surface area (Å²) in [5, 5.41) is 24.6. The summed E-state index contributed by atoms with van der Waals surface area (Å²) < 4.78 is 53.7. The lowest BCUT2D eigenvalue weighted by molar-refractivity contribution is -0.137. The molecule has 2 N–H and O–H groups in total. The first kappa shape index (κ1) is 23.6. The van der Waals surface area contributed by atoms with Crippen LogP contribution in [0.4, 0.5) is 17.6 Å². The average Bonchev–Trinajstić information content (AvgIpc) is 3.35. The van der Waals surface area contributed by atoms with E-state index in [0.29, 0.717) is 21.7 Å². The molecule has 0 bridgehead atoms. The number of hydrogen-bond donors (Lipinski definition) is 2. The van der Waals surface area contributed by atoms with Crippen LogP contribution in [-0.2, 0) is 6.18 Å². The van der Waals surface area contributed by atoms with E-state index in [-0.39, 0.29) is 22.1 Å². The normalized spacial score (nSPS) is 12.7. The van der Waals surface area contributed by atoms with Crippen LogP contribution >= 0.6 is 11.3 Å². The van der Waals surface area contributed by atoms with E-state index in [0.717, 1.165) is 28.2 Å². The second-order valence-electron chi connectivity index (χ2n) is 7.50. The quantitative estimate of drug-likeness (QED) is 0.341. The zero-order valence-electron chi connectivity index (χ0n) is 17.8. The van der Waals surface area contributed by atoms with E-state index in [1.54, 1.807) is 13.0 Å². The van der Waals surface area contributed by atoms with Gasteiger partial charge in [0, 0.05) is 11.1 Å². The number of rotatable bonds is 5. The van der Waals surface area contributed by atoms with Crippen LogP contribution in [0.15, 0.2) is 48.5 Å². The van der Waals surface area contributed by atoms with Gasteiger partial charge in [-0.25, -0.2) is 14.2 Å². The molecular weight excluding hydrogens is 474 g/mol. The highest BCUT2D eigenvalue weighted by Gasteiger charge is 2.31. The van der Waals surface area contributed by atoms with E-state index in [1.807, 2.05) is 0 Å². The summed E-state index contributed by atoms with van der Waals surface area (Å²) >= 11 is 0.957. The third-order valence-corrected chi connectivity index (χ3v) is 6.27. The molecule has 0 saturated heterocycles. The zero-order valence-corrected chi connectivity index (χ0v) is 18.6. The number of halogens is 4. The molecule has 6 nitrogen and oxygen atoms in total. The molecule has 34 heavy (non-hydrogen) atoms. The van der Waals surface area contributed by atoms with Crippen LogP contribution in [0.5, 0.6) is 0 Å². The number of thiazole rings is 1. The van der Waals surface area contributed by atoms with Gasteiger partial charge in [-0.2, -0.15) is 23.0 Å². The average molecular weight is 491 g/mol. The molecule has 0 aliphatic carbocycles. The lowest BCUT2D eigenvalue weighted by Crippen LogP contribution is -2.09. The molecule has 1 unspecified atom stereocenters. The van der Waals surface area contributed by atoms with Gasteiger partial charge in [0.1, 0.15) is 5.82 Å². The molecular formula is C23H17F4N3O3S. The standard InChI is InChI=1S/C23H17F4N3O3S/c1-11-17(14-4-3-5-16(24)10-14)19(21(32)33)30(29-11)22-28-18(20(34-22)12(2)31)13-6-8-15(9-7-13)23(25,26)27/h3-10,12,31H,1-2H3,(H,32,33). The Labute approximate surface area is 194 Å². The Morgan fingerprint density at radius 2 is 1.79 bits per heavy atom. The Bertz CT molecular complexity index is 1380. The van der Waals surface area contributed by atoms with Gasteiger partial charge in [-0.3, -0.25) is 0 Å². The second kappa shape index (κ2) is 8.65. The number of alkyl halides is 3. The largest absolute Gasteiger partial charge is 0.476 e. The third kappa shape index (κ3) is 4.31. The number of carboxylic acid groups (broad SMARTS) is 1. The fraction of sp³-hybridized carbons (Fsp3) is 0.174. The molecule has 4 aromatic rings. The van der Waals surface area contributed by atoms with Crippen LogP contribution in [0.25, 0.3) is 27.5 Å². The molecule has 0 saturated carbocycles. The Morgan fingerprint density at radius 1 is 1.12 bits per heavy atom. The SMILES string of the molecule is Cc1nn(-c2nc(-c3ccc(C(F)(F)F)cc3)c(C(C)O)s2)c(C(=O)O)c1-c1cccc(F)c1. The van der Waals surface area contributed by atoms with Crippen molar-refractivity contribution in [2.75, 3.05) is 0 Å². The molecule has 0 radical (unpaired) electrons. The Kier molecular flexibility index (Phi) is 6.00. The number of carbonyl (C=O) groups is 1. The number of carboxylic acids is 1. The van der Waals surface area contributed by atoms with E-state index in [9.17, 15) is 32.6 Å². The van der Waals surface area contributed by atoms with Crippen molar-refractivity contribution in [3.05, 3.63) is 76.2 Å². The van der Waals surface area contributed by atoms with Crippen molar-refractivity contribution < 1.29 is 32.6 Å². The van der Waals surface area contributed by atoms with E-state index >= 15 is 0 Å². The van der Waals surface area contributed by atoms with Crippen molar-refractivity contribution in [1.29, 1.82) is 0 Å². The summed E-state index contributed by atoms with van der Waals surface area (Å²) in [6.07, 6.45) is -5.54. The Balaban J connectivity index is 1.88. The fourth-order valence-electron chi connectivity index (χ4n) is 3.57. The zero-order chi connectivity index (χ0) is 24.8. The van der Waals surface area contributed by atoms with Crippen LogP contribution in [0.3, 0.4) is 0 Å². The molecule has 2 heterocycles. The number of aryl methyl sites for hydroxylation is 1. The van der Waals surface area contributed by atoms with Crippen LogP contribution < -0.4 is 0 Å². The van der Waals surface area contributed by atoms with E-state index in [4.69, 9.17) is 0 Å². The molecule has 0 amide bonds. The Hall–Kier alpha value is -3.57. The Morgan fingerprint density at radius 3 is 2.35 bits per heavy atom. The lowest BCUT2D eigenvalue weighted by atomic mass is 10.0. The monoisotopic (exact) mass is 491 g/mol. The number of nitrogens with zero attached hydrogens (tertiary/aromatic N) is 3. The van der Waals surface area contributed by atoms with Crippen LogP contribution in [0, 0.1) is 12.7 Å². The van der Waals surface area contributed by atoms with Crippen LogP contribution in [-0.4, -0.2) is 30.9 Å². The first-order valence-electron chi connectivity index (χ1n) is 9.93. The summed E-state index contributed by atoms with van der Waals surface area (Å²) in [4.78, 5) is 16.9. The molecule has 4 rings (SSSR count). The van der Waals surface area contributed by atoms with Gasteiger partial charge in [0.05, 0.1) is 27.9 Å². The number of aromatic carboxylic acids is 1. The molecule has 1 atom stereocenters. The van der Waals surface area contributed by atoms with Gasteiger partial charge in [-0.15, -0.1) is 0 Å². The van der Waals surface area contributed by atoms with E-state index in [1.165, 1.54) is 37.3 Å². The third-order valence-electron chi connectivity index (χ3n) is 5.06. The summed E-state index contributed by atoms with van der Waals surface area (Å²) in [6.45, 7) is 3.04. The summed E-state index contributed by atoms with van der Waals surface area (Å²) in [5.41, 5.74) is 0.271. The maximum atomic E-state index is 13.8. The van der Waals surface area contributed by atoms with Gasteiger partial charge in [-0.05, 0) is 43.7 Å². The minimum Gasteiger partial charge on any atom is -0.476 e. The highest BCUT2D eigenvalue weighted by molar-refractivity contribution is 7.14. The number of hydrogen-bond acceptors (Lipinski definition) is 5. The fourth-order valence-corrected chi connectivity index (χ4v) is 4.55. The predicted octanol–water partition coefficient (Wildman–Crippen LogP) is 5.88. The molecule has 0 fully saturated rings. The number of aliphatic hydroxyl groups is 1. The van der Waals surface area contributed by atoms with Gasteiger partial charge in [0.25, 0.3) is 0 Å². The first-order valence-corrected chi connectivity index (χ1v) is 10.7. The molecule has 0 aliphatic heterocycles. The molecule has 0 aliphatic rings. The highest BCUT2D eigenvalue weighted by atomic mass is 32.1.